The van der Waals surface area contributed by atoms with Gasteiger partial charge in [0.15, 0.2) is 0 Å². The van der Waals surface area contributed by atoms with Crippen LogP contribution in [0, 0.1) is 12.7 Å². The smallest absolute Gasteiger partial charge is 0.131 e. The lowest BCUT2D eigenvalue weighted by Gasteiger charge is -2.02. The average molecular weight is 274 g/mol. The highest BCUT2D eigenvalue weighted by Gasteiger charge is 2.02. The maximum absolute atomic E-state index is 13.4. The van der Waals surface area contributed by atoms with E-state index in [2.05, 4.69) is 13.8 Å². The monoisotopic (exact) mass is 274 g/mol. The van der Waals surface area contributed by atoms with Crippen LogP contribution in [0.25, 0.3) is 11.1 Å². The fraction of sp³-hybridized carbons (Fsp3) is 0.368. The summed E-state index contributed by atoms with van der Waals surface area (Å²) in [4.78, 5) is 0. The van der Waals surface area contributed by atoms with Gasteiger partial charge in [-0.15, -0.1) is 0 Å². The molecule has 0 aliphatic heterocycles. The highest BCUT2D eigenvalue weighted by atomic mass is 19.1. The van der Waals surface area contributed by atoms with Gasteiger partial charge in [-0.2, -0.15) is 0 Å². The fourth-order valence-corrected chi connectivity index (χ4v) is 1.43. The van der Waals surface area contributed by atoms with Crippen LogP contribution in [0.4, 0.5) is 4.39 Å². The molecule has 2 aromatic carbocycles. The fourth-order valence-electron chi connectivity index (χ4n) is 1.43. The van der Waals surface area contributed by atoms with Crippen molar-refractivity contribution in [2.24, 2.45) is 0 Å². The molecule has 0 fully saturated rings. The summed E-state index contributed by atoms with van der Waals surface area (Å²) in [5.41, 5.74) is 2.77. The van der Waals surface area contributed by atoms with E-state index in [1.54, 1.807) is 12.1 Å². The molecule has 0 aliphatic rings. The summed E-state index contributed by atoms with van der Waals surface area (Å²) in [6, 6.07) is 14.7. The molecule has 0 heterocycles. The van der Waals surface area contributed by atoms with E-state index in [0.717, 1.165) is 5.56 Å². The van der Waals surface area contributed by atoms with Gasteiger partial charge in [0.05, 0.1) is 0 Å². The largest absolute Gasteiger partial charge is 0.206 e. The number of aryl methyl sites for hydroxylation is 1. The second kappa shape index (κ2) is 11.2. The highest BCUT2D eigenvalue weighted by molar-refractivity contribution is 5.64. The molecule has 0 atom stereocenters. The molecular formula is C19H27F. The van der Waals surface area contributed by atoms with Crippen LogP contribution in [0.5, 0.6) is 0 Å². The molecule has 2 rings (SSSR count). The lowest BCUT2D eigenvalue weighted by atomic mass is 10.0. The van der Waals surface area contributed by atoms with Gasteiger partial charge in [0.2, 0.25) is 0 Å². The van der Waals surface area contributed by atoms with E-state index >= 15 is 0 Å². The Kier molecular flexibility index (Phi) is 10.3. The van der Waals surface area contributed by atoms with Crippen molar-refractivity contribution in [1.82, 2.24) is 0 Å². The second-order valence-electron chi connectivity index (χ2n) is 4.35. The molecule has 110 valence electrons. The third-order valence-corrected chi connectivity index (χ3v) is 2.74. The number of halogens is 1. The van der Waals surface area contributed by atoms with Crippen molar-refractivity contribution >= 4 is 0 Å². The van der Waals surface area contributed by atoms with Crippen LogP contribution in [-0.4, -0.2) is 0 Å². The lowest BCUT2D eigenvalue weighted by molar-refractivity contribution is 0.631. The van der Waals surface area contributed by atoms with Crippen LogP contribution in [-0.2, 0) is 0 Å². The molecule has 20 heavy (non-hydrogen) atoms. The van der Waals surface area contributed by atoms with Crippen LogP contribution in [0.3, 0.4) is 0 Å². The zero-order valence-electron chi connectivity index (χ0n) is 13.4. The zero-order valence-corrected chi connectivity index (χ0v) is 13.4. The van der Waals surface area contributed by atoms with Gasteiger partial charge in [-0.1, -0.05) is 88.6 Å². The molecule has 2 aromatic rings. The number of unbranched alkanes of at least 4 members (excludes halogenated alkanes) is 1. The Hall–Kier alpha value is -1.63. The molecule has 0 aromatic heterocycles. The summed E-state index contributed by atoms with van der Waals surface area (Å²) in [5, 5.41) is 0. The van der Waals surface area contributed by atoms with E-state index in [0.29, 0.717) is 5.56 Å². The van der Waals surface area contributed by atoms with E-state index < -0.39 is 0 Å². The Morgan fingerprint density at radius 1 is 0.800 bits per heavy atom. The number of benzene rings is 2. The summed E-state index contributed by atoms with van der Waals surface area (Å²) in [7, 11) is 0. The van der Waals surface area contributed by atoms with Crippen LogP contribution in [0.2, 0.25) is 0 Å². The summed E-state index contributed by atoms with van der Waals surface area (Å²) in [6.45, 7) is 10.4. The number of rotatable bonds is 2. The third-order valence-electron chi connectivity index (χ3n) is 2.74. The van der Waals surface area contributed by atoms with E-state index in [1.165, 1.54) is 24.5 Å². The molecule has 1 heteroatoms. The van der Waals surface area contributed by atoms with Crippen molar-refractivity contribution in [3.8, 4) is 11.1 Å². The molecule has 0 amide bonds. The maximum Gasteiger partial charge on any atom is 0.131 e. The molecule has 0 N–H and O–H groups in total. The quantitative estimate of drug-likeness (QED) is 0.576. The minimum absolute atomic E-state index is 0.170. The molecule has 0 nitrogen and oxygen atoms in total. The van der Waals surface area contributed by atoms with Gasteiger partial charge in [-0.3, -0.25) is 0 Å². The summed E-state index contributed by atoms with van der Waals surface area (Å²) in [5.74, 6) is -0.170. The first-order chi connectivity index (χ1) is 9.69. The Balaban J connectivity index is 0.000000521. The van der Waals surface area contributed by atoms with E-state index in [9.17, 15) is 4.39 Å². The minimum atomic E-state index is -0.170. The maximum atomic E-state index is 13.4. The Morgan fingerprint density at radius 2 is 1.30 bits per heavy atom. The third kappa shape index (κ3) is 6.51. The van der Waals surface area contributed by atoms with Crippen molar-refractivity contribution in [3.63, 3.8) is 0 Å². The average Bonchev–Trinajstić information content (AvgIpc) is 2.51. The summed E-state index contributed by atoms with van der Waals surface area (Å²) in [6.07, 6.45) is 2.64. The number of hydrogen-bond donors (Lipinski definition) is 0. The van der Waals surface area contributed by atoms with Gasteiger partial charge in [-0.05, 0) is 18.6 Å². The van der Waals surface area contributed by atoms with Gasteiger partial charge >= 0.3 is 0 Å². The normalized spacial score (nSPS) is 8.90. The van der Waals surface area contributed by atoms with E-state index in [4.69, 9.17) is 0 Å². The van der Waals surface area contributed by atoms with Gasteiger partial charge < -0.3 is 0 Å². The van der Waals surface area contributed by atoms with Crippen LogP contribution < -0.4 is 0 Å². The lowest BCUT2D eigenvalue weighted by Crippen LogP contribution is -1.83. The predicted molar refractivity (Wildman–Crippen MR) is 88.5 cm³/mol. The highest BCUT2D eigenvalue weighted by Crippen LogP contribution is 2.22. The Bertz CT molecular complexity index is 455. The van der Waals surface area contributed by atoms with Crippen molar-refractivity contribution < 1.29 is 4.39 Å². The van der Waals surface area contributed by atoms with E-state index in [1.807, 2.05) is 51.1 Å². The molecule has 0 unspecified atom stereocenters. The SMILES string of the molecule is CC.CCCC.Cc1ccc(-c2ccccc2F)cc1. The minimum Gasteiger partial charge on any atom is -0.206 e. The summed E-state index contributed by atoms with van der Waals surface area (Å²) >= 11 is 0. The Labute approximate surface area is 123 Å². The molecule has 0 saturated heterocycles. The first-order valence-corrected chi connectivity index (χ1v) is 7.50. The Morgan fingerprint density at radius 3 is 1.75 bits per heavy atom. The van der Waals surface area contributed by atoms with Gasteiger partial charge in [0.1, 0.15) is 5.82 Å². The molecular weight excluding hydrogens is 247 g/mol. The first kappa shape index (κ1) is 18.4. The van der Waals surface area contributed by atoms with Crippen LogP contribution >= 0.6 is 0 Å². The number of hydrogen-bond acceptors (Lipinski definition) is 0. The molecule has 0 saturated carbocycles. The molecule has 0 aliphatic carbocycles. The standard InChI is InChI=1S/C13H11F.C4H10.C2H6/c1-10-6-8-11(9-7-10)12-4-2-3-5-13(12)14;1-3-4-2;1-2/h2-9H,1H3;3-4H2,1-2H3;1-2H3. The van der Waals surface area contributed by atoms with Crippen molar-refractivity contribution in [2.45, 2.75) is 47.5 Å². The van der Waals surface area contributed by atoms with Gasteiger partial charge in [0, 0.05) is 5.56 Å². The van der Waals surface area contributed by atoms with Crippen LogP contribution in [0.15, 0.2) is 48.5 Å². The van der Waals surface area contributed by atoms with Crippen molar-refractivity contribution in [1.29, 1.82) is 0 Å². The van der Waals surface area contributed by atoms with E-state index in [-0.39, 0.29) is 5.82 Å². The second-order valence-corrected chi connectivity index (χ2v) is 4.35. The predicted octanol–water partition coefficient (Wildman–Crippen LogP) is 6.63. The van der Waals surface area contributed by atoms with Crippen molar-refractivity contribution in [2.75, 3.05) is 0 Å². The molecule has 0 radical (unpaired) electrons. The van der Waals surface area contributed by atoms with Crippen LogP contribution in [0.1, 0.15) is 46.1 Å². The zero-order chi connectivity index (χ0) is 15.4. The van der Waals surface area contributed by atoms with Gasteiger partial charge in [0.25, 0.3) is 0 Å². The first-order valence-electron chi connectivity index (χ1n) is 7.50. The molecule has 0 bridgehead atoms. The van der Waals surface area contributed by atoms with Crippen molar-refractivity contribution in [3.05, 3.63) is 59.9 Å². The summed E-state index contributed by atoms with van der Waals surface area (Å²) < 4.78 is 13.4. The topological polar surface area (TPSA) is 0 Å². The van der Waals surface area contributed by atoms with Gasteiger partial charge in [-0.25, -0.2) is 4.39 Å². The molecule has 0 spiro atoms.